The molecule has 6 aromatic rings. The number of carboxylic acids is 1. The number of hydrogen-bond acceptors (Lipinski definition) is 10. The predicted octanol–water partition coefficient (Wildman–Crippen LogP) is 7.43. The Kier molecular flexibility index (Phi) is 10.5. The number of nitrogens with one attached hydrogen (secondary N) is 1. The number of aromatic nitrogens is 4. The van der Waals surface area contributed by atoms with E-state index in [0.29, 0.717) is 62.3 Å². The molecule has 0 amide bonds. The van der Waals surface area contributed by atoms with E-state index in [-0.39, 0.29) is 18.8 Å². The summed E-state index contributed by atoms with van der Waals surface area (Å²) in [6, 6.07) is 21.7. The minimum atomic E-state index is -1.06. The first kappa shape index (κ1) is 32.9. The molecule has 13 heteroatoms. The molecule has 244 valence electrons. The van der Waals surface area contributed by atoms with Crippen molar-refractivity contribution in [3.8, 4) is 33.3 Å². The molecule has 0 aliphatic carbocycles. The number of ether oxygens (including phenoxy) is 3. The Morgan fingerprint density at radius 1 is 0.958 bits per heavy atom. The third kappa shape index (κ3) is 7.59. The minimum Gasteiger partial charge on any atom is -0.490 e. The van der Waals surface area contributed by atoms with Crippen LogP contribution in [0.1, 0.15) is 11.3 Å². The second-order valence-corrected chi connectivity index (χ2v) is 12.3. The van der Waals surface area contributed by atoms with Gasteiger partial charge in [-0.25, -0.2) is 29.1 Å². The number of rotatable bonds is 14. The van der Waals surface area contributed by atoms with Crippen molar-refractivity contribution < 1.29 is 28.5 Å². The van der Waals surface area contributed by atoms with Gasteiger partial charge in [0.05, 0.1) is 28.1 Å². The average molecular weight is 731 g/mol. The summed E-state index contributed by atoms with van der Waals surface area (Å²) in [7, 11) is 1.62. The fraction of sp³-hybridized carbons (Fsp3) is 0.171. The lowest BCUT2D eigenvalue weighted by Crippen LogP contribution is -2.32. The van der Waals surface area contributed by atoms with E-state index >= 15 is 0 Å². The third-order valence-electron chi connectivity index (χ3n) is 7.30. The Morgan fingerprint density at radius 3 is 2.52 bits per heavy atom. The van der Waals surface area contributed by atoms with Crippen LogP contribution < -0.4 is 14.8 Å². The second kappa shape index (κ2) is 15.3. The van der Waals surface area contributed by atoms with Crippen LogP contribution in [0, 0.1) is 5.82 Å². The maximum Gasteiger partial charge on any atom is 0.326 e. The molecule has 3 heterocycles. The zero-order valence-corrected chi connectivity index (χ0v) is 28.0. The summed E-state index contributed by atoms with van der Waals surface area (Å²) in [5, 5.41) is 14.0. The lowest BCUT2D eigenvalue weighted by Gasteiger charge is -2.18. The highest BCUT2D eigenvalue weighted by molar-refractivity contribution is 9.10. The number of methoxy groups -OCH3 is 1. The van der Waals surface area contributed by atoms with Crippen molar-refractivity contribution in [1.29, 1.82) is 0 Å². The number of para-hydroxylation sites is 2. The van der Waals surface area contributed by atoms with E-state index in [9.17, 15) is 14.3 Å². The number of carboxylic acid groups (broad SMARTS) is 1. The molecule has 2 N–H and O–H groups in total. The number of hydrogen-bond donors (Lipinski definition) is 2. The molecule has 0 spiro atoms. The van der Waals surface area contributed by atoms with Gasteiger partial charge in [-0.3, -0.25) is 0 Å². The van der Waals surface area contributed by atoms with Gasteiger partial charge in [-0.1, -0.05) is 42.5 Å². The number of thiophene rings is 1. The summed E-state index contributed by atoms with van der Waals surface area (Å²) in [5.41, 5.74) is 2.86. The Balaban J connectivity index is 1.20. The molecule has 0 saturated heterocycles. The van der Waals surface area contributed by atoms with Crippen molar-refractivity contribution in [2.24, 2.45) is 0 Å². The summed E-state index contributed by atoms with van der Waals surface area (Å²) in [5.74, 6) is 0.630. The number of carbonyl (C=O) groups is 1. The fourth-order valence-corrected chi connectivity index (χ4v) is 6.98. The van der Waals surface area contributed by atoms with E-state index < -0.39 is 12.0 Å². The van der Waals surface area contributed by atoms with Crippen LogP contribution in [0.2, 0.25) is 0 Å². The molecule has 0 radical (unpaired) electrons. The Morgan fingerprint density at radius 2 is 1.73 bits per heavy atom. The summed E-state index contributed by atoms with van der Waals surface area (Å²) >= 11 is 5.05. The highest BCUT2D eigenvalue weighted by Crippen LogP contribution is 2.44. The first-order valence-electron chi connectivity index (χ1n) is 14.8. The summed E-state index contributed by atoms with van der Waals surface area (Å²) in [6.45, 7) is 0.974. The highest BCUT2D eigenvalue weighted by Gasteiger charge is 2.24. The van der Waals surface area contributed by atoms with Gasteiger partial charge in [-0.15, -0.1) is 11.3 Å². The first-order chi connectivity index (χ1) is 23.4. The van der Waals surface area contributed by atoms with Gasteiger partial charge in [0, 0.05) is 24.2 Å². The Hall–Kier alpha value is -4.98. The topological polar surface area (TPSA) is 129 Å². The van der Waals surface area contributed by atoms with E-state index in [0.717, 1.165) is 16.0 Å². The van der Waals surface area contributed by atoms with E-state index in [4.69, 9.17) is 19.2 Å². The van der Waals surface area contributed by atoms with Gasteiger partial charge in [-0.2, -0.15) is 0 Å². The van der Waals surface area contributed by atoms with Crippen LogP contribution in [0.4, 0.5) is 10.2 Å². The van der Waals surface area contributed by atoms with Crippen LogP contribution in [0.15, 0.2) is 95.9 Å². The first-order valence-corrected chi connectivity index (χ1v) is 16.4. The van der Waals surface area contributed by atoms with Crippen molar-refractivity contribution >= 4 is 49.3 Å². The van der Waals surface area contributed by atoms with Crippen LogP contribution in [0.5, 0.6) is 11.5 Å². The number of halogens is 2. The van der Waals surface area contributed by atoms with Crippen LogP contribution >= 0.6 is 27.3 Å². The molecule has 3 aromatic heterocycles. The van der Waals surface area contributed by atoms with E-state index in [1.165, 1.54) is 29.8 Å². The van der Waals surface area contributed by atoms with Crippen molar-refractivity contribution in [3.05, 3.63) is 113 Å². The molecule has 0 aliphatic heterocycles. The van der Waals surface area contributed by atoms with Crippen molar-refractivity contribution in [2.45, 2.75) is 19.1 Å². The second-order valence-electron chi connectivity index (χ2n) is 10.5. The predicted molar refractivity (Wildman–Crippen MR) is 185 cm³/mol. The van der Waals surface area contributed by atoms with Crippen molar-refractivity contribution in [3.63, 3.8) is 0 Å². The Bertz CT molecular complexity index is 2040. The number of fused-ring (bicyclic) bond motifs is 1. The normalized spacial score (nSPS) is 11.7. The largest absolute Gasteiger partial charge is 0.490 e. The molecule has 0 bridgehead atoms. The number of benzene rings is 3. The molecule has 0 fully saturated rings. The molecule has 0 saturated carbocycles. The maximum absolute atomic E-state index is 13.6. The lowest BCUT2D eigenvalue weighted by molar-refractivity contribution is -0.137. The smallest absolute Gasteiger partial charge is 0.326 e. The van der Waals surface area contributed by atoms with Crippen molar-refractivity contribution in [2.75, 3.05) is 25.6 Å². The molecule has 0 aliphatic rings. The SMILES string of the molecule is COCCOc1ccccc1-c1nccc(COc2ccccc2C[C@@H](Nc2ncnc3sc(-c4ccc(F)cc4)c(Br)c23)C(=O)O)n1. The fourth-order valence-electron chi connectivity index (χ4n) is 4.96. The number of anilines is 1. The van der Waals surface area contributed by atoms with Crippen LogP contribution in [-0.2, 0) is 22.6 Å². The zero-order valence-electron chi connectivity index (χ0n) is 25.6. The monoisotopic (exact) mass is 729 g/mol. The van der Waals surface area contributed by atoms with Gasteiger partial charge in [0.15, 0.2) is 5.82 Å². The van der Waals surface area contributed by atoms with Gasteiger partial charge in [0.1, 0.15) is 53.5 Å². The van der Waals surface area contributed by atoms with Gasteiger partial charge < -0.3 is 24.6 Å². The molecule has 6 rings (SSSR count). The molecule has 10 nitrogen and oxygen atoms in total. The molecule has 3 aromatic carbocycles. The van der Waals surface area contributed by atoms with Gasteiger partial charge in [-0.05, 0) is 63.5 Å². The standard InChI is InChI=1S/C35H29BrFN5O5S/c1-45-16-17-46-28-9-5-3-7-25(28)32-38-15-14-24(41-32)19-47-27-8-4-2-6-22(27)18-26(35(43)44)42-33-29-30(36)31(48-34(29)40-20-39-33)21-10-12-23(37)13-11-21/h2-15,20,26H,16-19H2,1H3,(H,43,44)(H,39,40,42)/t26-/m1/s1. The summed E-state index contributed by atoms with van der Waals surface area (Å²) in [6.07, 6.45) is 3.15. The van der Waals surface area contributed by atoms with E-state index in [1.54, 1.807) is 37.6 Å². The van der Waals surface area contributed by atoms with Crippen LogP contribution in [-0.4, -0.2) is 57.4 Å². The maximum atomic E-state index is 13.6. The number of aliphatic carboxylic acids is 1. The number of nitrogens with zero attached hydrogens (tertiary/aromatic N) is 4. The highest BCUT2D eigenvalue weighted by atomic mass is 79.9. The summed E-state index contributed by atoms with van der Waals surface area (Å²) < 4.78 is 31.4. The zero-order chi connectivity index (χ0) is 33.5. The molecule has 1 atom stereocenters. The Labute approximate surface area is 287 Å². The lowest BCUT2D eigenvalue weighted by atomic mass is 10.0. The van der Waals surface area contributed by atoms with Crippen molar-refractivity contribution in [1.82, 2.24) is 19.9 Å². The van der Waals surface area contributed by atoms with E-state index in [2.05, 4.69) is 36.2 Å². The minimum absolute atomic E-state index is 0.102. The van der Waals surface area contributed by atoms with Crippen LogP contribution in [0.3, 0.4) is 0 Å². The molecular formula is C35H29BrFN5O5S. The molecular weight excluding hydrogens is 701 g/mol. The van der Waals surface area contributed by atoms with Gasteiger partial charge in [0.2, 0.25) is 0 Å². The van der Waals surface area contributed by atoms with Gasteiger partial charge >= 0.3 is 5.97 Å². The average Bonchev–Trinajstić information content (AvgIpc) is 3.45. The summed E-state index contributed by atoms with van der Waals surface area (Å²) in [4.78, 5) is 31.9. The van der Waals surface area contributed by atoms with Crippen LogP contribution in [0.25, 0.3) is 32.0 Å². The third-order valence-corrected chi connectivity index (χ3v) is 9.51. The quantitative estimate of drug-likeness (QED) is 0.109. The van der Waals surface area contributed by atoms with Gasteiger partial charge in [0.25, 0.3) is 0 Å². The van der Waals surface area contributed by atoms with E-state index in [1.807, 2.05) is 42.5 Å². The molecule has 48 heavy (non-hydrogen) atoms. The molecule has 0 unspecified atom stereocenters.